The smallest absolute Gasteiger partial charge is 0.252 e. The van der Waals surface area contributed by atoms with Gasteiger partial charge in [0.05, 0.1) is 0 Å². The number of carbonyl (C=O) groups is 1. The van der Waals surface area contributed by atoms with Gasteiger partial charge in [0.15, 0.2) is 5.11 Å². The fourth-order valence-corrected chi connectivity index (χ4v) is 2.92. The van der Waals surface area contributed by atoms with Crippen LogP contribution >= 0.6 is 12.2 Å². The summed E-state index contributed by atoms with van der Waals surface area (Å²) in [6, 6.07) is 5.92. The van der Waals surface area contributed by atoms with Crippen molar-refractivity contribution in [3.63, 3.8) is 0 Å². The molecule has 2 atom stereocenters. The van der Waals surface area contributed by atoms with Crippen molar-refractivity contribution in [2.45, 2.75) is 32.7 Å². The van der Waals surface area contributed by atoms with Crippen LogP contribution in [-0.4, -0.2) is 28.5 Å². The molecular weight excluding hydrogens is 268 g/mol. The fourth-order valence-electron chi connectivity index (χ4n) is 2.63. The molecule has 1 aliphatic heterocycles. The molecule has 1 aromatic rings. The lowest BCUT2D eigenvalue weighted by Crippen LogP contribution is -2.35. The Kier molecular flexibility index (Phi) is 4.23. The van der Waals surface area contributed by atoms with Gasteiger partial charge in [-0.25, -0.2) is 0 Å². The number of nitrogens with zero attached hydrogens (tertiary/aromatic N) is 1. The van der Waals surface area contributed by atoms with Gasteiger partial charge in [0.25, 0.3) is 5.91 Å². The van der Waals surface area contributed by atoms with Gasteiger partial charge in [-0.05, 0) is 42.8 Å². The number of benzene rings is 1. The number of amides is 1. The molecule has 0 bridgehead atoms. The van der Waals surface area contributed by atoms with Crippen molar-refractivity contribution < 1.29 is 4.79 Å². The van der Waals surface area contributed by atoms with E-state index in [0.29, 0.717) is 11.7 Å². The van der Waals surface area contributed by atoms with Gasteiger partial charge < -0.3 is 5.32 Å². The molecule has 1 aliphatic rings. The molecule has 0 aromatic heterocycles. The third-order valence-electron chi connectivity index (χ3n) is 4.00. The minimum atomic E-state index is -0.289. The predicted octanol–water partition coefficient (Wildman–Crippen LogP) is 2.68. The van der Waals surface area contributed by atoms with Crippen LogP contribution in [0.5, 0.6) is 0 Å². The molecule has 3 nitrogen and oxygen atoms in total. The van der Waals surface area contributed by atoms with Crippen molar-refractivity contribution in [1.82, 2.24) is 10.2 Å². The largest absolute Gasteiger partial charge is 0.350 e. The Hall–Kier alpha value is -1.68. The molecule has 1 fully saturated rings. The van der Waals surface area contributed by atoms with Crippen molar-refractivity contribution in [3.8, 4) is 0 Å². The summed E-state index contributed by atoms with van der Waals surface area (Å²) in [5.74, 6) is 0.110. The molecule has 106 valence electrons. The van der Waals surface area contributed by atoms with E-state index in [-0.39, 0.29) is 17.9 Å². The molecule has 4 heteroatoms. The Morgan fingerprint density at radius 2 is 2.20 bits per heavy atom. The highest BCUT2D eigenvalue weighted by Crippen LogP contribution is 2.27. The van der Waals surface area contributed by atoms with E-state index in [0.717, 1.165) is 0 Å². The van der Waals surface area contributed by atoms with E-state index in [1.165, 1.54) is 16.7 Å². The van der Waals surface area contributed by atoms with Crippen LogP contribution in [0.2, 0.25) is 0 Å². The van der Waals surface area contributed by atoms with E-state index in [1.807, 2.05) is 6.07 Å². The quantitative estimate of drug-likeness (QED) is 0.683. The van der Waals surface area contributed by atoms with Gasteiger partial charge in [-0.3, -0.25) is 9.69 Å². The van der Waals surface area contributed by atoms with Crippen LogP contribution in [0, 0.1) is 13.8 Å². The van der Waals surface area contributed by atoms with Gasteiger partial charge in [0.1, 0.15) is 6.04 Å². The Labute approximate surface area is 125 Å². The second-order valence-corrected chi connectivity index (χ2v) is 5.63. The zero-order valence-corrected chi connectivity index (χ0v) is 13.0. The topological polar surface area (TPSA) is 32.3 Å². The Morgan fingerprint density at radius 3 is 2.85 bits per heavy atom. The van der Waals surface area contributed by atoms with Crippen LogP contribution in [0.25, 0.3) is 0 Å². The molecule has 2 rings (SSSR count). The normalized spacial score (nSPS) is 19.9. The van der Waals surface area contributed by atoms with Crippen molar-refractivity contribution in [2.75, 3.05) is 6.54 Å². The maximum absolute atomic E-state index is 12.4. The molecule has 2 unspecified atom stereocenters. The van der Waals surface area contributed by atoms with Gasteiger partial charge in [-0.2, -0.15) is 0 Å². The lowest BCUT2D eigenvalue weighted by atomic mass is 9.88. The second kappa shape index (κ2) is 5.75. The van der Waals surface area contributed by atoms with E-state index < -0.39 is 0 Å². The Bertz CT molecular complexity index is 568. The van der Waals surface area contributed by atoms with E-state index in [4.69, 9.17) is 12.2 Å². The molecule has 0 saturated carbocycles. The first kappa shape index (κ1) is 14.7. The average Bonchev–Trinajstić information content (AvgIpc) is 2.70. The summed E-state index contributed by atoms with van der Waals surface area (Å²) in [6.45, 7) is 10.4. The summed E-state index contributed by atoms with van der Waals surface area (Å²) >= 11 is 5.23. The number of aryl methyl sites for hydroxylation is 1. The lowest BCUT2D eigenvalue weighted by molar-refractivity contribution is -0.127. The summed E-state index contributed by atoms with van der Waals surface area (Å²) in [5, 5.41) is 3.64. The monoisotopic (exact) mass is 288 g/mol. The number of hydrogen-bond donors (Lipinski definition) is 1. The lowest BCUT2D eigenvalue weighted by Gasteiger charge is -2.21. The zero-order valence-electron chi connectivity index (χ0n) is 12.1. The van der Waals surface area contributed by atoms with Crippen LogP contribution in [0.15, 0.2) is 30.9 Å². The number of thiocarbonyl (C=S) groups is 1. The van der Waals surface area contributed by atoms with Gasteiger partial charge in [-0.15, -0.1) is 6.58 Å². The summed E-state index contributed by atoms with van der Waals surface area (Å²) < 4.78 is 0. The summed E-state index contributed by atoms with van der Waals surface area (Å²) in [4.78, 5) is 14.0. The van der Waals surface area contributed by atoms with Crippen LogP contribution in [-0.2, 0) is 4.79 Å². The van der Waals surface area contributed by atoms with E-state index in [2.05, 4.69) is 44.8 Å². The first-order valence-corrected chi connectivity index (χ1v) is 7.17. The number of hydrogen-bond acceptors (Lipinski definition) is 2. The van der Waals surface area contributed by atoms with E-state index >= 15 is 0 Å². The van der Waals surface area contributed by atoms with Crippen LogP contribution < -0.4 is 5.32 Å². The zero-order chi connectivity index (χ0) is 14.9. The highest BCUT2D eigenvalue weighted by molar-refractivity contribution is 7.80. The molecule has 1 aromatic carbocycles. The molecular formula is C16H20N2OS. The first-order valence-electron chi connectivity index (χ1n) is 6.76. The molecule has 1 amide bonds. The summed E-state index contributed by atoms with van der Waals surface area (Å²) in [7, 11) is 0. The molecule has 20 heavy (non-hydrogen) atoms. The molecule has 1 heterocycles. The number of nitrogens with one attached hydrogen (secondary N) is 1. The third-order valence-corrected chi connectivity index (χ3v) is 4.34. The first-order chi connectivity index (χ1) is 9.47. The molecule has 1 N–H and O–H groups in total. The minimum absolute atomic E-state index is 0.0308. The standard InChI is InChI=1S/C16H20N2OS/c1-5-9-18-15(19)14(17-16(18)20)12(4)13-8-6-7-10(2)11(13)3/h5-8,12,14H,1,9H2,2-4H3,(H,17,20). The molecule has 0 radical (unpaired) electrons. The van der Waals surface area contributed by atoms with Crippen molar-refractivity contribution in [1.29, 1.82) is 0 Å². The fraction of sp³-hybridized carbons (Fsp3) is 0.375. The number of rotatable bonds is 4. The Morgan fingerprint density at radius 1 is 1.50 bits per heavy atom. The van der Waals surface area contributed by atoms with Crippen LogP contribution in [0.4, 0.5) is 0 Å². The molecule has 0 aliphatic carbocycles. The molecule has 0 spiro atoms. The summed E-state index contributed by atoms with van der Waals surface area (Å²) in [6.07, 6.45) is 1.69. The van der Waals surface area contributed by atoms with Gasteiger partial charge in [0.2, 0.25) is 0 Å². The average molecular weight is 288 g/mol. The molecule has 1 saturated heterocycles. The number of carbonyl (C=O) groups excluding carboxylic acids is 1. The summed E-state index contributed by atoms with van der Waals surface area (Å²) in [5.41, 5.74) is 3.67. The van der Waals surface area contributed by atoms with E-state index in [1.54, 1.807) is 11.0 Å². The Balaban J connectivity index is 2.28. The van der Waals surface area contributed by atoms with Crippen molar-refractivity contribution in [3.05, 3.63) is 47.5 Å². The maximum atomic E-state index is 12.4. The van der Waals surface area contributed by atoms with Gasteiger partial charge in [-0.1, -0.05) is 31.2 Å². The third kappa shape index (κ3) is 2.48. The van der Waals surface area contributed by atoms with E-state index in [9.17, 15) is 4.79 Å². The second-order valence-electron chi connectivity index (χ2n) is 5.24. The van der Waals surface area contributed by atoms with Crippen LogP contribution in [0.1, 0.15) is 29.5 Å². The van der Waals surface area contributed by atoms with Crippen molar-refractivity contribution in [2.24, 2.45) is 0 Å². The van der Waals surface area contributed by atoms with Gasteiger partial charge >= 0.3 is 0 Å². The van der Waals surface area contributed by atoms with Gasteiger partial charge in [0, 0.05) is 12.5 Å². The minimum Gasteiger partial charge on any atom is -0.350 e. The SMILES string of the molecule is C=CCN1C(=O)C(C(C)c2cccc(C)c2C)NC1=S. The van der Waals surface area contributed by atoms with Crippen LogP contribution in [0.3, 0.4) is 0 Å². The predicted molar refractivity (Wildman–Crippen MR) is 85.8 cm³/mol. The highest BCUT2D eigenvalue weighted by Gasteiger charge is 2.38. The maximum Gasteiger partial charge on any atom is 0.252 e. The van der Waals surface area contributed by atoms with Crippen molar-refractivity contribution >= 4 is 23.2 Å². The highest BCUT2D eigenvalue weighted by atomic mass is 32.1.